The van der Waals surface area contributed by atoms with Gasteiger partial charge in [-0.2, -0.15) is 0 Å². The number of benzene rings is 2. The van der Waals surface area contributed by atoms with Crippen molar-refractivity contribution >= 4 is 16.9 Å². The van der Waals surface area contributed by atoms with Crippen molar-refractivity contribution in [1.82, 2.24) is 14.9 Å². The number of aromatic nitrogens is 2. The van der Waals surface area contributed by atoms with Gasteiger partial charge in [-0.1, -0.05) is 18.2 Å². The number of ether oxygens (including phenoxy) is 2. The van der Waals surface area contributed by atoms with Gasteiger partial charge in [-0.05, 0) is 29.8 Å². The highest BCUT2D eigenvalue weighted by Crippen LogP contribution is 2.32. The number of carbonyl (C=O) groups excluding carboxylic acids is 1. The molecule has 0 bridgehead atoms. The van der Waals surface area contributed by atoms with Gasteiger partial charge in [0.2, 0.25) is 6.79 Å². The second-order valence-corrected chi connectivity index (χ2v) is 5.59. The largest absolute Gasteiger partial charge is 0.454 e. The van der Waals surface area contributed by atoms with Gasteiger partial charge < -0.3 is 14.4 Å². The summed E-state index contributed by atoms with van der Waals surface area (Å²) in [4.78, 5) is 22.9. The molecule has 0 aliphatic carbocycles. The molecular formula is C18H15N3O3. The molecule has 4 rings (SSSR count). The molecule has 1 aliphatic heterocycles. The third-order valence-electron chi connectivity index (χ3n) is 3.87. The van der Waals surface area contributed by atoms with Gasteiger partial charge in [0, 0.05) is 13.6 Å². The molecule has 0 spiro atoms. The van der Waals surface area contributed by atoms with E-state index in [-0.39, 0.29) is 12.7 Å². The third kappa shape index (κ3) is 2.62. The van der Waals surface area contributed by atoms with Crippen molar-refractivity contribution < 1.29 is 14.3 Å². The van der Waals surface area contributed by atoms with Crippen LogP contribution < -0.4 is 9.47 Å². The van der Waals surface area contributed by atoms with Crippen molar-refractivity contribution in [3.63, 3.8) is 0 Å². The van der Waals surface area contributed by atoms with Crippen molar-refractivity contribution in [2.75, 3.05) is 13.8 Å². The molecule has 0 saturated carbocycles. The number of amides is 1. The molecule has 0 unspecified atom stereocenters. The van der Waals surface area contributed by atoms with Gasteiger partial charge in [-0.3, -0.25) is 9.78 Å². The number of para-hydroxylation sites is 2. The number of rotatable bonds is 3. The third-order valence-corrected chi connectivity index (χ3v) is 3.87. The van der Waals surface area contributed by atoms with E-state index in [1.807, 2.05) is 42.5 Å². The van der Waals surface area contributed by atoms with Crippen LogP contribution in [-0.4, -0.2) is 34.6 Å². The summed E-state index contributed by atoms with van der Waals surface area (Å²) in [7, 11) is 1.74. The average molecular weight is 321 g/mol. The second kappa shape index (κ2) is 5.81. The maximum atomic E-state index is 12.6. The SMILES string of the molecule is CN(Cc1ccc2c(c1)OCO2)C(=O)c1cnc2ccccc2n1. The normalized spacial score (nSPS) is 12.4. The first-order chi connectivity index (χ1) is 11.7. The van der Waals surface area contributed by atoms with Crippen molar-refractivity contribution in [2.24, 2.45) is 0 Å². The zero-order valence-corrected chi connectivity index (χ0v) is 13.1. The Bertz CT molecular complexity index is 926. The molecule has 0 N–H and O–H groups in total. The van der Waals surface area contributed by atoms with Crippen molar-refractivity contribution in [1.29, 1.82) is 0 Å². The molecule has 0 radical (unpaired) electrons. The summed E-state index contributed by atoms with van der Waals surface area (Å²) in [6, 6.07) is 13.1. The molecule has 1 aromatic heterocycles. The number of hydrogen-bond acceptors (Lipinski definition) is 5. The van der Waals surface area contributed by atoms with Gasteiger partial charge in [-0.25, -0.2) is 4.98 Å². The molecule has 6 heteroatoms. The molecule has 0 saturated heterocycles. The van der Waals surface area contributed by atoms with Crippen LogP contribution in [0.15, 0.2) is 48.7 Å². The summed E-state index contributed by atoms with van der Waals surface area (Å²) in [6.07, 6.45) is 1.51. The van der Waals surface area contributed by atoms with E-state index in [1.165, 1.54) is 6.20 Å². The van der Waals surface area contributed by atoms with E-state index < -0.39 is 0 Å². The summed E-state index contributed by atoms with van der Waals surface area (Å²) >= 11 is 0. The van der Waals surface area contributed by atoms with Gasteiger partial charge >= 0.3 is 0 Å². The van der Waals surface area contributed by atoms with Gasteiger partial charge in [0.05, 0.1) is 17.2 Å². The summed E-state index contributed by atoms with van der Waals surface area (Å²) in [5.41, 5.74) is 2.77. The second-order valence-electron chi connectivity index (χ2n) is 5.59. The first-order valence-corrected chi connectivity index (χ1v) is 7.56. The lowest BCUT2D eigenvalue weighted by Gasteiger charge is -2.17. The Morgan fingerprint density at radius 2 is 1.92 bits per heavy atom. The molecule has 0 atom stereocenters. The Kier molecular flexibility index (Phi) is 3.49. The van der Waals surface area contributed by atoms with Crippen LogP contribution in [0.5, 0.6) is 11.5 Å². The quantitative estimate of drug-likeness (QED) is 0.742. The molecule has 6 nitrogen and oxygen atoms in total. The topological polar surface area (TPSA) is 64.6 Å². The first kappa shape index (κ1) is 14.4. The number of nitrogens with zero attached hydrogens (tertiary/aromatic N) is 3. The van der Waals surface area contributed by atoms with E-state index >= 15 is 0 Å². The Balaban J connectivity index is 1.54. The number of carbonyl (C=O) groups is 1. The summed E-state index contributed by atoms with van der Waals surface area (Å²) in [6.45, 7) is 0.685. The Hall–Kier alpha value is -3.15. The molecule has 2 heterocycles. The predicted octanol–water partition coefficient (Wildman–Crippen LogP) is 2.63. The fourth-order valence-corrected chi connectivity index (χ4v) is 2.64. The standard InChI is InChI=1S/C18H15N3O3/c1-21(10-12-6-7-16-17(8-12)24-11-23-16)18(22)15-9-19-13-4-2-3-5-14(13)20-15/h2-9H,10-11H2,1H3. The van der Waals surface area contributed by atoms with Crippen LogP contribution in [0.1, 0.15) is 16.1 Å². The highest BCUT2D eigenvalue weighted by molar-refractivity contribution is 5.93. The maximum Gasteiger partial charge on any atom is 0.274 e. The van der Waals surface area contributed by atoms with Crippen LogP contribution in [0.25, 0.3) is 11.0 Å². The highest BCUT2D eigenvalue weighted by Gasteiger charge is 2.17. The van der Waals surface area contributed by atoms with Gasteiger partial charge in [0.25, 0.3) is 5.91 Å². The Labute approximate surface area is 138 Å². The van der Waals surface area contributed by atoms with Crippen molar-refractivity contribution in [3.05, 3.63) is 59.9 Å². The smallest absolute Gasteiger partial charge is 0.274 e. The molecule has 24 heavy (non-hydrogen) atoms. The maximum absolute atomic E-state index is 12.6. The minimum Gasteiger partial charge on any atom is -0.454 e. The van der Waals surface area contributed by atoms with Crippen LogP contribution >= 0.6 is 0 Å². The van der Waals surface area contributed by atoms with E-state index in [0.29, 0.717) is 23.5 Å². The van der Waals surface area contributed by atoms with Crippen LogP contribution in [0.2, 0.25) is 0 Å². The fourth-order valence-electron chi connectivity index (χ4n) is 2.64. The molecule has 2 aromatic carbocycles. The van der Waals surface area contributed by atoms with E-state index in [9.17, 15) is 4.79 Å². The summed E-state index contributed by atoms with van der Waals surface area (Å²) in [5, 5.41) is 0. The molecular weight excluding hydrogens is 306 g/mol. The van der Waals surface area contributed by atoms with Gasteiger partial charge in [0.15, 0.2) is 11.5 Å². The molecule has 1 amide bonds. The molecule has 1 aliphatic rings. The van der Waals surface area contributed by atoms with E-state index in [2.05, 4.69) is 9.97 Å². The van der Waals surface area contributed by atoms with Crippen molar-refractivity contribution in [3.8, 4) is 11.5 Å². The van der Waals surface area contributed by atoms with Crippen molar-refractivity contribution in [2.45, 2.75) is 6.54 Å². The van der Waals surface area contributed by atoms with Gasteiger partial charge in [0.1, 0.15) is 5.69 Å². The first-order valence-electron chi connectivity index (χ1n) is 7.56. The lowest BCUT2D eigenvalue weighted by molar-refractivity contribution is 0.0779. The molecule has 120 valence electrons. The highest BCUT2D eigenvalue weighted by atomic mass is 16.7. The minimum absolute atomic E-state index is 0.175. The average Bonchev–Trinajstić information content (AvgIpc) is 3.08. The van der Waals surface area contributed by atoms with E-state index in [1.54, 1.807) is 11.9 Å². The fraction of sp³-hybridized carbons (Fsp3) is 0.167. The van der Waals surface area contributed by atoms with Crippen LogP contribution in [0, 0.1) is 0 Å². The number of fused-ring (bicyclic) bond motifs is 2. The monoisotopic (exact) mass is 321 g/mol. The van der Waals surface area contributed by atoms with Gasteiger partial charge in [-0.15, -0.1) is 0 Å². The Morgan fingerprint density at radius 3 is 2.79 bits per heavy atom. The predicted molar refractivity (Wildman–Crippen MR) is 87.9 cm³/mol. The lowest BCUT2D eigenvalue weighted by Crippen LogP contribution is -2.27. The molecule has 3 aromatic rings. The zero-order chi connectivity index (χ0) is 16.5. The number of hydrogen-bond donors (Lipinski definition) is 0. The summed E-state index contributed by atoms with van der Waals surface area (Å²) < 4.78 is 10.7. The lowest BCUT2D eigenvalue weighted by atomic mass is 10.2. The minimum atomic E-state index is -0.175. The van der Waals surface area contributed by atoms with E-state index in [0.717, 1.165) is 16.8 Å². The van der Waals surface area contributed by atoms with Crippen LogP contribution in [0.3, 0.4) is 0 Å². The zero-order valence-electron chi connectivity index (χ0n) is 13.1. The van der Waals surface area contributed by atoms with Crippen LogP contribution in [-0.2, 0) is 6.54 Å². The summed E-state index contributed by atoms with van der Waals surface area (Å²) in [5.74, 6) is 1.26. The van der Waals surface area contributed by atoms with E-state index in [4.69, 9.17) is 9.47 Å². The van der Waals surface area contributed by atoms with Crippen LogP contribution in [0.4, 0.5) is 0 Å². The Morgan fingerprint density at radius 1 is 1.12 bits per heavy atom. The molecule has 0 fully saturated rings.